The second-order valence-corrected chi connectivity index (χ2v) is 7.36. The van der Waals surface area contributed by atoms with Gasteiger partial charge in [0.15, 0.2) is 6.61 Å². The molecule has 1 fully saturated rings. The molecule has 0 atom stereocenters. The Labute approximate surface area is 175 Å². The van der Waals surface area contributed by atoms with E-state index in [2.05, 4.69) is 5.32 Å². The molecule has 8 nitrogen and oxygen atoms in total. The van der Waals surface area contributed by atoms with E-state index in [1.165, 1.54) is 12.1 Å². The van der Waals surface area contributed by atoms with Crippen LogP contribution in [-0.4, -0.2) is 36.5 Å². The van der Waals surface area contributed by atoms with Gasteiger partial charge in [-0.3, -0.25) is 14.9 Å². The summed E-state index contributed by atoms with van der Waals surface area (Å²) in [5, 5.41) is 14.2. The molecular formula is C22H25N3O5. The summed E-state index contributed by atoms with van der Waals surface area (Å²) in [6.45, 7) is 2.93. The predicted molar refractivity (Wildman–Crippen MR) is 114 cm³/mol. The van der Waals surface area contributed by atoms with Crippen LogP contribution in [0.1, 0.15) is 41.6 Å². The first-order chi connectivity index (χ1) is 14.4. The summed E-state index contributed by atoms with van der Waals surface area (Å²) in [5.41, 5.74) is 2.02. The monoisotopic (exact) mass is 411 g/mol. The van der Waals surface area contributed by atoms with Crippen LogP contribution in [0.2, 0.25) is 0 Å². The van der Waals surface area contributed by atoms with Gasteiger partial charge in [-0.25, -0.2) is 4.79 Å². The Morgan fingerprint density at radius 1 is 1.10 bits per heavy atom. The minimum absolute atomic E-state index is 0.0450. The Kier molecular flexibility index (Phi) is 7.00. The maximum atomic E-state index is 12.3. The Hall–Kier alpha value is -3.42. The Morgan fingerprint density at radius 2 is 1.83 bits per heavy atom. The summed E-state index contributed by atoms with van der Waals surface area (Å²) in [4.78, 5) is 37.5. The molecule has 3 rings (SSSR count). The number of hydrogen-bond donors (Lipinski definition) is 1. The molecule has 0 unspecified atom stereocenters. The number of esters is 1. The van der Waals surface area contributed by atoms with Gasteiger partial charge in [-0.15, -0.1) is 0 Å². The molecule has 2 aromatic carbocycles. The van der Waals surface area contributed by atoms with Crippen LogP contribution in [0.5, 0.6) is 0 Å². The van der Waals surface area contributed by atoms with Crippen LogP contribution >= 0.6 is 0 Å². The van der Waals surface area contributed by atoms with Crippen molar-refractivity contribution in [2.24, 2.45) is 0 Å². The van der Waals surface area contributed by atoms with Crippen molar-refractivity contribution in [2.45, 2.75) is 32.6 Å². The van der Waals surface area contributed by atoms with E-state index >= 15 is 0 Å². The van der Waals surface area contributed by atoms with Crippen molar-refractivity contribution < 1.29 is 19.2 Å². The number of carbonyl (C=O) groups is 2. The SMILES string of the molecule is Cc1cccc(NC(=O)COC(=O)c2ccc(N3CCCCCC3)c([N+](=O)[O-])c2)c1. The number of anilines is 2. The van der Waals surface area contributed by atoms with E-state index in [1.54, 1.807) is 18.2 Å². The molecule has 0 aliphatic carbocycles. The summed E-state index contributed by atoms with van der Waals surface area (Å²) in [5.74, 6) is -1.26. The molecule has 1 amide bonds. The quantitative estimate of drug-likeness (QED) is 0.437. The number of aryl methyl sites for hydroxylation is 1. The van der Waals surface area contributed by atoms with Gasteiger partial charge in [-0.2, -0.15) is 0 Å². The fourth-order valence-electron chi connectivity index (χ4n) is 3.51. The minimum atomic E-state index is -0.778. The topological polar surface area (TPSA) is 102 Å². The molecule has 2 aromatic rings. The first-order valence-corrected chi connectivity index (χ1v) is 10.0. The number of ether oxygens (including phenoxy) is 1. The average molecular weight is 411 g/mol. The molecule has 8 heteroatoms. The highest BCUT2D eigenvalue weighted by molar-refractivity contribution is 5.96. The van der Waals surface area contributed by atoms with Crippen molar-refractivity contribution in [3.8, 4) is 0 Å². The van der Waals surface area contributed by atoms with E-state index in [0.29, 0.717) is 11.4 Å². The summed E-state index contributed by atoms with van der Waals surface area (Å²) >= 11 is 0. The number of rotatable bonds is 6. The lowest BCUT2D eigenvalue weighted by Crippen LogP contribution is -2.25. The Morgan fingerprint density at radius 3 is 2.50 bits per heavy atom. The summed E-state index contributed by atoms with van der Waals surface area (Å²) in [6.07, 6.45) is 4.19. The lowest BCUT2D eigenvalue weighted by Gasteiger charge is -2.22. The zero-order valence-electron chi connectivity index (χ0n) is 16.9. The van der Waals surface area contributed by atoms with Crippen molar-refractivity contribution in [3.63, 3.8) is 0 Å². The van der Waals surface area contributed by atoms with Crippen molar-refractivity contribution in [2.75, 3.05) is 29.9 Å². The van der Waals surface area contributed by atoms with Gasteiger partial charge in [-0.05, 0) is 49.6 Å². The number of nitrogens with zero attached hydrogens (tertiary/aromatic N) is 2. The molecule has 30 heavy (non-hydrogen) atoms. The Bertz CT molecular complexity index is 936. The average Bonchev–Trinajstić information content (AvgIpc) is 3.01. The Balaban J connectivity index is 1.65. The highest BCUT2D eigenvalue weighted by Crippen LogP contribution is 2.31. The third-order valence-electron chi connectivity index (χ3n) is 4.99. The highest BCUT2D eigenvalue weighted by Gasteiger charge is 2.23. The fraction of sp³-hybridized carbons (Fsp3) is 0.364. The molecule has 1 N–H and O–H groups in total. The van der Waals surface area contributed by atoms with Crippen molar-refractivity contribution >= 4 is 28.9 Å². The molecule has 1 aliphatic rings. The van der Waals surface area contributed by atoms with Gasteiger partial charge in [0.25, 0.3) is 11.6 Å². The van der Waals surface area contributed by atoms with Crippen LogP contribution in [-0.2, 0) is 9.53 Å². The molecule has 0 saturated carbocycles. The second kappa shape index (κ2) is 9.87. The van der Waals surface area contributed by atoms with E-state index in [-0.39, 0.29) is 11.3 Å². The van der Waals surface area contributed by atoms with Crippen LogP contribution in [0.15, 0.2) is 42.5 Å². The highest BCUT2D eigenvalue weighted by atomic mass is 16.6. The van der Waals surface area contributed by atoms with Gasteiger partial charge in [0.2, 0.25) is 0 Å². The zero-order valence-corrected chi connectivity index (χ0v) is 16.9. The molecule has 158 valence electrons. The van der Waals surface area contributed by atoms with Gasteiger partial charge in [0, 0.05) is 24.8 Å². The molecule has 1 heterocycles. The van der Waals surface area contributed by atoms with Gasteiger partial charge in [0.1, 0.15) is 5.69 Å². The van der Waals surface area contributed by atoms with Crippen molar-refractivity contribution in [3.05, 3.63) is 63.7 Å². The fourth-order valence-corrected chi connectivity index (χ4v) is 3.51. The van der Waals surface area contributed by atoms with Gasteiger partial charge in [-0.1, -0.05) is 25.0 Å². The van der Waals surface area contributed by atoms with Crippen LogP contribution in [0, 0.1) is 17.0 Å². The van der Waals surface area contributed by atoms with Crippen LogP contribution < -0.4 is 10.2 Å². The minimum Gasteiger partial charge on any atom is -0.452 e. The molecule has 1 saturated heterocycles. The van der Waals surface area contributed by atoms with Crippen molar-refractivity contribution in [1.82, 2.24) is 0 Å². The van der Waals surface area contributed by atoms with E-state index in [0.717, 1.165) is 44.3 Å². The maximum Gasteiger partial charge on any atom is 0.338 e. The molecule has 0 radical (unpaired) electrons. The zero-order chi connectivity index (χ0) is 21.5. The normalized spacial score (nSPS) is 14.0. The predicted octanol–water partition coefficient (Wildman–Crippen LogP) is 4.08. The number of hydrogen-bond acceptors (Lipinski definition) is 6. The standard InChI is InChI=1S/C22H25N3O5/c1-16-7-6-8-18(13-16)23-21(26)15-30-22(27)17-9-10-19(20(14-17)25(28)29)24-11-4-2-3-5-12-24/h6-10,13-14H,2-5,11-12,15H2,1H3,(H,23,26). The molecule has 0 spiro atoms. The number of carbonyl (C=O) groups excluding carboxylic acids is 2. The van der Waals surface area contributed by atoms with Crippen LogP contribution in [0.25, 0.3) is 0 Å². The molecule has 0 bridgehead atoms. The molecule has 1 aliphatic heterocycles. The van der Waals surface area contributed by atoms with E-state index in [4.69, 9.17) is 4.74 Å². The third-order valence-corrected chi connectivity index (χ3v) is 4.99. The smallest absolute Gasteiger partial charge is 0.338 e. The van der Waals surface area contributed by atoms with E-state index < -0.39 is 23.4 Å². The van der Waals surface area contributed by atoms with Gasteiger partial charge >= 0.3 is 5.97 Å². The second-order valence-electron chi connectivity index (χ2n) is 7.36. The number of benzene rings is 2. The molecule has 0 aromatic heterocycles. The lowest BCUT2D eigenvalue weighted by atomic mass is 10.1. The first kappa shape index (κ1) is 21.3. The van der Waals surface area contributed by atoms with Gasteiger partial charge < -0.3 is 15.0 Å². The van der Waals surface area contributed by atoms with E-state index in [1.807, 2.05) is 24.0 Å². The number of nitrogens with one attached hydrogen (secondary N) is 1. The third kappa shape index (κ3) is 5.56. The molecular weight excluding hydrogens is 386 g/mol. The van der Waals surface area contributed by atoms with Crippen molar-refractivity contribution in [1.29, 1.82) is 0 Å². The number of nitro groups is 1. The first-order valence-electron chi connectivity index (χ1n) is 10.0. The lowest BCUT2D eigenvalue weighted by molar-refractivity contribution is -0.384. The summed E-state index contributed by atoms with van der Waals surface area (Å²) in [6, 6.07) is 11.6. The van der Waals surface area contributed by atoms with Crippen LogP contribution in [0.3, 0.4) is 0 Å². The number of nitro benzene ring substituents is 1. The largest absolute Gasteiger partial charge is 0.452 e. The summed E-state index contributed by atoms with van der Waals surface area (Å²) < 4.78 is 5.05. The maximum absolute atomic E-state index is 12.3. The van der Waals surface area contributed by atoms with Crippen LogP contribution in [0.4, 0.5) is 17.1 Å². The van der Waals surface area contributed by atoms with Gasteiger partial charge in [0.05, 0.1) is 10.5 Å². The number of amides is 1. The van der Waals surface area contributed by atoms with E-state index in [9.17, 15) is 19.7 Å². The summed E-state index contributed by atoms with van der Waals surface area (Å²) in [7, 11) is 0.